The molecule has 0 fully saturated rings. The number of nitrogens with one attached hydrogen (secondary N) is 2. The summed E-state index contributed by atoms with van der Waals surface area (Å²) in [5.74, 6) is -1.39. The highest BCUT2D eigenvalue weighted by Gasteiger charge is 2.13. The SMILES string of the molecule is CC[C@H](C)NC(=O)NC(=O)COC(=O)c1cccc(Cl)c1. The van der Waals surface area contributed by atoms with Crippen LogP contribution in [0.15, 0.2) is 24.3 Å². The highest BCUT2D eigenvalue weighted by molar-refractivity contribution is 6.30. The number of amides is 3. The predicted octanol–water partition coefficient (Wildman–Crippen LogP) is 2.12. The number of hydrogen-bond acceptors (Lipinski definition) is 4. The zero-order valence-electron chi connectivity index (χ0n) is 11.8. The largest absolute Gasteiger partial charge is 0.452 e. The summed E-state index contributed by atoms with van der Waals surface area (Å²) in [4.78, 5) is 34.5. The number of urea groups is 1. The third kappa shape index (κ3) is 6.27. The summed E-state index contributed by atoms with van der Waals surface area (Å²) in [5.41, 5.74) is 0.236. The van der Waals surface area contributed by atoms with Gasteiger partial charge in [0.2, 0.25) is 0 Å². The van der Waals surface area contributed by atoms with Gasteiger partial charge in [0, 0.05) is 11.1 Å². The molecule has 1 aromatic rings. The van der Waals surface area contributed by atoms with E-state index < -0.39 is 24.5 Å². The standard InChI is InChI=1S/C14H17ClN2O4/c1-3-9(2)16-14(20)17-12(18)8-21-13(19)10-5-4-6-11(15)7-10/h4-7,9H,3,8H2,1-2H3,(H2,16,17,18,20)/t9-/m0/s1. The molecule has 1 aromatic carbocycles. The Balaban J connectivity index is 2.39. The van der Waals surface area contributed by atoms with Crippen LogP contribution in [0.2, 0.25) is 5.02 Å². The van der Waals surface area contributed by atoms with E-state index in [-0.39, 0.29) is 11.6 Å². The van der Waals surface area contributed by atoms with Gasteiger partial charge in [-0.2, -0.15) is 0 Å². The second-order valence-electron chi connectivity index (χ2n) is 4.42. The fourth-order valence-electron chi connectivity index (χ4n) is 1.35. The first kappa shape index (κ1) is 17.0. The van der Waals surface area contributed by atoms with Crippen molar-refractivity contribution in [1.29, 1.82) is 0 Å². The summed E-state index contributed by atoms with van der Waals surface area (Å²) >= 11 is 5.74. The molecule has 0 bridgehead atoms. The van der Waals surface area contributed by atoms with Gasteiger partial charge >= 0.3 is 12.0 Å². The van der Waals surface area contributed by atoms with Crippen molar-refractivity contribution in [3.05, 3.63) is 34.9 Å². The van der Waals surface area contributed by atoms with Crippen LogP contribution in [0.1, 0.15) is 30.6 Å². The maximum absolute atomic E-state index is 11.6. The van der Waals surface area contributed by atoms with Crippen LogP contribution < -0.4 is 10.6 Å². The molecule has 2 N–H and O–H groups in total. The summed E-state index contributed by atoms with van der Waals surface area (Å²) in [7, 11) is 0. The van der Waals surface area contributed by atoms with E-state index in [4.69, 9.17) is 16.3 Å². The van der Waals surface area contributed by atoms with Gasteiger partial charge < -0.3 is 10.1 Å². The van der Waals surface area contributed by atoms with Crippen molar-refractivity contribution in [2.75, 3.05) is 6.61 Å². The molecular weight excluding hydrogens is 296 g/mol. The molecule has 21 heavy (non-hydrogen) atoms. The Morgan fingerprint density at radius 1 is 1.33 bits per heavy atom. The van der Waals surface area contributed by atoms with Gasteiger partial charge in [-0.15, -0.1) is 0 Å². The molecular formula is C14H17ClN2O4. The number of carbonyl (C=O) groups excluding carboxylic acids is 3. The average Bonchev–Trinajstić information content (AvgIpc) is 2.44. The molecule has 0 aliphatic rings. The van der Waals surface area contributed by atoms with Crippen LogP contribution in [-0.4, -0.2) is 30.6 Å². The van der Waals surface area contributed by atoms with Gasteiger partial charge in [-0.1, -0.05) is 24.6 Å². The minimum atomic E-state index is -0.703. The molecule has 0 saturated heterocycles. The minimum Gasteiger partial charge on any atom is -0.452 e. The first-order valence-electron chi connectivity index (χ1n) is 6.45. The van der Waals surface area contributed by atoms with Crippen LogP contribution in [0.4, 0.5) is 4.79 Å². The lowest BCUT2D eigenvalue weighted by atomic mass is 10.2. The van der Waals surface area contributed by atoms with E-state index in [0.717, 1.165) is 6.42 Å². The van der Waals surface area contributed by atoms with Crippen molar-refractivity contribution in [1.82, 2.24) is 10.6 Å². The highest BCUT2D eigenvalue weighted by Crippen LogP contribution is 2.11. The van der Waals surface area contributed by atoms with Crippen LogP contribution in [0.25, 0.3) is 0 Å². The molecule has 6 nitrogen and oxygen atoms in total. The molecule has 0 unspecified atom stereocenters. The Morgan fingerprint density at radius 2 is 2.05 bits per heavy atom. The second kappa shape index (κ2) is 8.26. The fourth-order valence-corrected chi connectivity index (χ4v) is 1.54. The first-order chi connectivity index (χ1) is 9.92. The quantitative estimate of drug-likeness (QED) is 0.816. The van der Waals surface area contributed by atoms with Gasteiger partial charge in [0.05, 0.1) is 5.56 Å². The molecule has 0 spiro atoms. The normalized spacial score (nSPS) is 11.4. The smallest absolute Gasteiger partial charge is 0.338 e. The molecule has 7 heteroatoms. The number of benzene rings is 1. The van der Waals surface area contributed by atoms with Crippen LogP contribution in [0, 0.1) is 0 Å². The van der Waals surface area contributed by atoms with Crippen molar-refractivity contribution >= 4 is 29.5 Å². The lowest BCUT2D eigenvalue weighted by Gasteiger charge is -2.11. The van der Waals surface area contributed by atoms with Crippen molar-refractivity contribution in [3.63, 3.8) is 0 Å². The highest BCUT2D eigenvalue weighted by atomic mass is 35.5. The molecule has 1 atom stereocenters. The summed E-state index contributed by atoms with van der Waals surface area (Å²) in [6.45, 7) is 3.17. The third-order valence-corrected chi connectivity index (χ3v) is 2.87. The van der Waals surface area contributed by atoms with Crippen molar-refractivity contribution in [2.45, 2.75) is 26.3 Å². The van der Waals surface area contributed by atoms with E-state index in [1.807, 2.05) is 13.8 Å². The van der Waals surface area contributed by atoms with Gasteiger partial charge in [0.15, 0.2) is 6.61 Å². The van der Waals surface area contributed by atoms with Crippen LogP contribution in [0.5, 0.6) is 0 Å². The number of carbonyl (C=O) groups is 3. The number of imide groups is 1. The Morgan fingerprint density at radius 3 is 2.67 bits per heavy atom. The Hall–Kier alpha value is -2.08. The number of hydrogen-bond donors (Lipinski definition) is 2. The van der Waals surface area contributed by atoms with E-state index in [2.05, 4.69) is 10.6 Å². The average molecular weight is 313 g/mol. The predicted molar refractivity (Wildman–Crippen MR) is 78.2 cm³/mol. The summed E-state index contributed by atoms with van der Waals surface area (Å²) in [6, 6.07) is 5.49. The zero-order chi connectivity index (χ0) is 15.8. The lowest BCUT2D eigenvalue weighted by molar-refractivity contribution is -0.123. The topological polar surface area (TPSA) is 84.5 Å². The van der Waals surface area contributed by atoms with E-state index >= 15 is 0 Å². The fraction of sp³-hybridized carbons (Fsp3) is 0.357. The molecule has 0 saturated carbocycles. The Bertz CT molecular complexity index is 533. The molecule has 0 aliphatic heterocycles. The molecule has 1 rings (SSSR count). The molecule has 0 aromatic heterocycles. The molecule has 114 valence electrons. The molecule has 3 amide bonds. The summed E-state index contributed by atoms with van der Waals surface area (Å²) < 4.78 is 4.79. The molecule has 0 heterocycles. The third-order valence-electron chi connectivity index (χ3n) is 2.64. The number of esters is 1. The van der Waals surface area contributed by atoms with Gasteiger partial charge in [-0.3, -0.25) is 10.1 Å². The van der Waals surface area contributed by atoms with Crippen LogP contribution in [-0.2, 0) is 9.53 Å². The zero-order valence-corrected chi connectivity index (χ0v) is 12.6. The second-order valence-corrected chi connectivity index (χ2v) is 4.85. The summed E-state index contributed by atoms with van der Waals surface area (Å²) in [5, 5.41) is 5.02. The van der Waals surface area contributed by atoms with Crippen LogP contribution in [0.3, 0.4) is 0 Å². The Kier molecular flexibility index (Phi) is 6.68. The number of ether oxygens (including phenoxy) is 1. The van der Waals surface area contributed by atoms with Crippen molar-refractivity contribution in [3.8, 4) is 0 Å². The number of rotatable bonds is 5. The number of halogens is 1. The van der Waals surface area contributed by atoms with E-state index in [9.17, 15) is 14.4 Å². The van der Waals surface area contributed by atoms with Gasteiger partial charge in [0.1, 0.15) is 0 Å². The lowest BCUT2D eigenvalue weighted by Crippen LogP contribution is -2.44. The van der Waals surface area contributed by atoms with Gasteiger partial charge in [-0.05, 0) is 31.5 Å². The van der Waals surface area contributed by atoms with Crippen LogP contribution >= 0.6 is 11.6 Å². The maximum Gasteiger partial charge on any atom is 0.338 e. The minimum absolute atomic E-state index is 0.0492. The molecule has 0 aliphatic carbocycles. The maximum atomic E-state index is 11.6. The van der Waals surface area contributed by atoms with Crippen molar-refractivity contribution in [2.24, 2.45) is 0 Å². The Labute approximate surface area is 127 Å². The molecule has 0 radical (unpaired) electrons. The van der Waals surface area contributed by atoms with E-state index in [1.54, 1.807) is 12.1 Å². The van der Waals surface area contributed by atoms with Gasteiger partial charge in [-0.25, -0.2) is 9.59 Å². The first-order valence-corrected chi connectivity index (χ1v) is 6.83. The van der Waals surface area contributed by atoms with Gasteiger partial charge in [0.25, 0.3) is 5.91 Å². The van der Waals surface area contributed by atoms with Crippen molar-refractivity contribution < 1.29 is 19.1 Å². The van der Waals surface area contributed by atoms with E-state index in [0.29, 0.717) is 5.02 Å². The van der Waals surface area contributed by atoms with E-state index in [1.165, 1.54) is 12.1 Å². The summed E-state index contributed by atoms with van der Waals surface area (Å²) in [6.07, 6.45) is 0.741. The monoisotopic (exact) mass is 312 g/mol.